The maximum Gasteiger partial charge on any atom is 0.408 e. The van der Waals surface area contributed by atoms with Crippen molar-refractivity contribution in [3.8, 4) is 0 Å². The Morgan fingerprint density at radius 2 is 1.74 bits per heavy atom. The van der Waals surface area contributed by atoms with Gasteiger partial charge in [0.25, 0.3) is 0 Å². The van der Waals surface area contributed by atoms with E-state index in [1.54, 1.807) is 26.8 Å². The first-order valence-electron chi connectivity index (χ1n) is 13.9. The fourth-order valence-electron chi connectivity index (χ4n) is 5.00. The Hall–Kier alpha value is -3.61. The van der Waals surface area contributed by atoms with Crippen LogP contribution in [0.1, 0.15) is 75.6 Å². The summed E-state index contributed by atoms with van der Waals surface area (Å²) in [6.07, 6.45) is 6.36. The number of aryl methyl sites for hydroxylation is 1. The zero-order valence-corrected chi connectivity index (χ0v) is 23.7. The van der Waals surface area contributed by atoms with E-state index >= 15 is 0 Å². The van der Waals surface area contributed by atoms with E-state index < -0.39 is 23.8 Å². The highest BCUT2D eigenvalue weighted by Gasteiger charge is 2.36. The van der Waals surface area contributed by atoms with Gasteiger partial charge in [-0.3, -0.25) is 9.59 Å². The summed E-state index contributed by atoms with van der Waals surface area (Å²) < 4.78 is 5.48. The fourth-order valence-corrected chi connectivity index (χ4v) is 5.00. The minimum atomic E-state index is -0.947. The van der Waals surface area contributed by atoms with Crippen LogP contribution in [0.3, 0.4) is 0 Å². The lowest BCUT2D eigenvalue weighted by molar-refractivity contribution is -0.142. The highest BCUT2D eigenvalue weighted by Crippen LogP contribution is 2.26. The Bertz CT molecular complexity index is 1120. The second-order valence-electron chi connectivity index (χ2n) is 11.3. The van der Waals surface area contributed by atoms with Crippen LogP contribution in [0, 0.1) is 6.92 Å². The van der Waals surface area contributed by atoms with Gasteiger partial charge in [-0.1, -0.05) is 85.5 Å². The van der Waals surface area contributed by atoms with E-state index in [1.165, 1.54) is 11.3 Å². The zero-order chi connectivity index (χ0) is 28.4. The fraction of sp³-hybridized carbons (Fsp3) is 0.469. The van der Waals surface area contributed by atoms with Crippen LogP contribution in [-0.4, -0.2) is 47.0 Å². The topological polar surface area (TPSA) is 87.7 Å². The van der Waals surface area contributed by atoms with E-state index in [-0.39, 0.29) is 30.8 Å². The van der Waals surface area contributed by atoms with E-state index in [0.717, 1.165) is 36.8 Å². The third kappa shape index (κ3) is 9.27. The predicted octanol–water partition coefficient (Wildman–Crippen LogP) is 5.64. The number of alkyl carbamates (subject to hydrolysis) is 1. The standard InChI is InChI=1S/C32H43N3O4/c1-6-20-35(28(25-17-13-14-23(2)21-25)29(36)33-26-18-11-8-12-19-26)30(37)27(22-24-15-9-7-10-16-24)34-31(38)39-32(3,4)5/h6-7,9-10,13-17,21,26-28H,1,8,11-12,18-20,22H2,2-5H3,(H,33,36)(H,34,38). The molecule has 0 saturated heterocycles. The molecule has 3 rings (SSSR count). The van der Waals surface area contributed by atoms with Crippen LogP contribution >= 0.6 is 0 Å². The Morgan fingerprint density at radius 1 is 1.05 bits per heavy atom. The van der Waals surface area contributed by atoms with E-state index in [9.17, 15) is 14.4 Å². The lowest BCUT2D eigenvalue weighted by Crippen LogP contribution is -2.54. The van der Waals surface area contributed by atoms with Crippen LogP contribution in [0.2, 0.25) is 0 Å². The van der Waals surface area contributed by atoms with Gasteiger partial charge in [0.2, 0.25) is 11.8 Å². The van der Waals surface area contributed by atoms with Crippen molar-refractivity contribution in [1.82, 2.24) is 15.5 Å². The predicted molar refractivity (Wildman–Crippen MR) is 154 cm³/mol. The highest BCUT2D eigenvalue weighted by molar-refractivity contribution is 5.92. The number of ether oxygens (including phenoxy) is 1. The first-order valence-corrected chi connectivity index (χ1v) is 13.9. The van der Waals surface area contributed by atoms with Gasteiger partial charge in [-0.2, -0.15) is 0 Å². The van der Waals surface area contributed by atoms with E-state index in [4.69, 9.17) is 4.74 Å². The van der Waals surface area contributed by atoms with Gasteiger partial charge in [0.15, 0.2) is 0 Å². The smallest absolute Gasteiger partial charge is 0.408 e. The van der Waals surface area contributed by atoms with Crippen molar-refractivity contribution in [1.29, 1.82) is 0 Å². The second-order valence-corrected chi connectivity index (χ2v) is 11.3. The number of amides is 3. The Balaban J connectivity index is 1.98. The second kappa shape index (κ2) is 14.0. The molecule has 0 radical (unpaired) electrons. The van der Waals surface area contributed by atoms with Crippen LogP contribution in [0.5, 0.6) is 0 Å². The summed E-state index contributed by atoms with van der Waals surface area (Å²) in [5, 5.41) is 5.99. The van der Waals surface area contributed by atoms with Gasteiger partial charge < -0.3 is 20.3 Å². The number of carbonyl (C=O) groups excluding carboxylic acids is 3. The van der Waals surface area contributed by atoms with E-state index in [0.29, 0.717) is 5.56 Å². The molecule has 1 saturated carbocycles. The molecule has 0 spiro atoms. The maximum atomic E-state index is 14.3. The van der Waals surface area contributed by atoms with E-state index in [1.807, 2.05) is 61.5 Å². The molecule has 1 fully saturated rings. The van der Waals surface area contributed by atoms with Gasteiger partial charge >= 0.3 is 6.09 Å². The molecule has 3 amide bonds. The summed E-state index contributed by atoms with van der Waals surface area (Å²) in [5.74, 6) is -0.603. The molecule has 7 heteroatoms. The number of rotatable bonds is 10. The molecule has 2 N–H and O–H groups in total. The molecule has 39 heavy (non-hydrogen) atoms. The molecular formula is C32H43N3O4. The third-order valence-corrected chi connectivity index (χ3v) is 6.75. The average Bonchev–Trinajstić information content (AvgIpc) is 2.88. The van der Waals surface area contributed by atoms with Crippen molar-refractivity contribution in [2.45, 2.75) is 89.9 Å². The molecule has 2 atom stereocenters. The SMILES string of the molecule is C=CCN(C(=O)C(Cc1ccccc1)NC(=O)OC(C)(C)C)C(C(=O)NC1CCCCC1)c1cccc(C)c1. The Morgan fingerprint density at radius 3 is 2.36 bits per heavy atom. The van der Waals surface area contributed by atoms with Gasteiger partial charge in [0.05, 0.1) is 0 Å². The number of benzene rings is 2. The molecule has 0 aliphatic heterocycles. The first kappa shape index (κ1) is 29.9. The minimum absolute atomic E-state index is 0.0826. The van der Waals surface area contributed by atoms with Crippen LogP contribution in [0.4, 0.5) is 4.79 Å². The average molecular weight is 534 g/mol. The molecule has 7 nitrogen and oxygen atoms in total. The van der Waals surface area contributed by atoms with Gasteiger partial charge in [-0.25, -0.2) is 4.79 Å². The van der Waals surface area contributed by atoms with Gasteiger partial charge in [-0.05, 0) is 51.7 Å². The summed E-state index contributed by atoms with van der Waals surface area (Å²) in [6, 6.07) is 15.4. The van der Waals surface area contributed by atoms with Crippen molar-refractivity contribution >= 4 is 17.9 Å². The van der Waals surface area contributed by atoms with E-state index in [2.05, 4.69) is 17.2 Å². The highest BCUT2D eigenvalue weighted by atomic mass is 16.6. The van der Waals surface area contributed by atoms with Crippen LogP contribution in [0.25, 0.3) is 0 Å². The molecule has 0 aromatic heterocycles. The van der Waals surface area contributed by atoms with Crippen molar-refractivity contribution < 1.29 is 19.1 Å². The summed E-state index contributed by atoms with van der Waals surface area (Å²) in [6.45, 7) is 11.3. The number of hydrogen-bond acceptors (Lipinski definition) is 4. The zero-order valence-electron chi connectivity index (χ0n) is 23.7. The van der Waals surface area contributed by atoms with Crippen LogP contribution in [-0.2, 0) is 20.7 Å². The molecule has 2 unspecified atom stereocenters. The molecular weight excluding hydrogens is 490 g/mol. The minimum Gasteiger partial charge on any atom is -0.444 e. The van der Waals surface area contributed by atoms with Gasteiger partial charge in [0, 0.05) is 19.0 Å². The summed E-state index contributed by atoms with van der Waals surface area (Å²) in [5.41, 5.74) is 1.86. The molecule has 2 aromatic rings. The van der Waals surface area contributed by atoms with Crippen molar-refractivity contribution in [2.75, 3.05) is 6.54 Å². The normalized spacial score (nSPS) is 15.5. The van der Waals surface area contributed by atoms with Crippen molar-refractivity contribution in [3.63, 3.8) is 0 Å². The lowest BCUT2D eigenvalue weighted by atomic mass is 9.94. The van der Waals surface area contributed by atoms with Gasteiger partial charge in [0.1, 0.15) is 17.7 Å². The summed E-state index contributed by atoms with van der Waals surface area (Å²) in [7, 11) is 0. The van der Waals surface area contributed by atoms with Crippen LogP contribution < -0.4 is 10.6 Å². The Kier molecular flexibility index (Phi) is 10.7. The quantitative estimate of drug-likeness (QED) is 0.387. The van der Waals surface area contributed by atoms with Crippen LogP contribution in [0.15, 0.2) is 67.3 Å². The molecule has 1 aliphatic carbocycles. The third-order valence-electron chi connectivity index (χ3n) is 6.75. The first-order chi connectivity index (χ1) is 18.6. The number of carbonyl (C=O) groups is 3. The Labute approximate surface area is 233 Å². The summed E-state index contributed by atoms with van der Waals surface area (Å²) >= 11 is 0. The van der Waals surface area contributed by atoms with Crippen molar-refractivity contribution in [3.05, 3.63) is 83.9 Å². The molecule has 0 heterocycles. The van der Waals surface area contributed by atoms with Crippen molar-refractivity contribution in [2.24, 2.45) is 0 Å². The lowest BCUT2D eigenvalue weighted by Gasteiger charge is -2.35. The molecule has 0 bridgehead atoms. The molecule has 210 valence electrons. The number of nitrogens with one attached hydrogen (secondary N) is 2. The maximum absolute atomic E-state index is 14.3. The van der Waals surface area contributed by atoms with Gasteiger partial charge in [-0.15, -0.1) is 6.58 Å². The molecule has 2 aromatic carbocycles. The molecule has 1 aliphatic rings. The monoisotopic (exact) mass is 533 g/mol. The number of nitrogens with zero attached hydrogens (tertiary/aromatic N) is 1. The largest absolute Gasteiger partial charge is 0.444 e. The summed E-state index contributed by atoms with van der Waals surface area (Å²) in [4.78, 5) is 42.5. The number of hydrogen-bond donors (Lipinski definition) is 2.